The van der Waals surface area contributed by atoms with Gasteiger partial charge in [0.25, 0.3) is 0 Å². The SMILES string of the molecule is N#Cc1cc(C=O)cc(C(O)C(=O)O)c1OC(F)F. The Bertz CT molecular complexity index is 553. The number of carbonyl (C=O) groups excluding carboxylic acids is 1. The molecule has 1 rings (SSSR count). The Balaban J connectivity index is 3.50. The average Bonchev–Trinajstić information content (AvgIpc) is 2.37. The molecule has 0 aromatic heterocycles. The van der Waals surface area contributed by atoms with Gasteiger partial charge in [0.05, 0.1) is 5.56 Å². The Hall–Kier alpha value is -2.53. The molecule has 0 fully saturated rings. The molecule has 6 nitrogen and oxygen atoms in total. The smallest absolute Gasteiger partial charge is 0.387 e. The number of aliphatic carboxylic acids is 1. The number of ether oxygens (including phenoxy) is 1. The first-order valence-corrected chi connectivity index (χ1v) is 4.79. The van der Waals surface area contributed by atoms with E-state index < -0.39 is 35.6 Å². The normalized spacial score (nSPS) is 11.7. The highest BCUT2D eigenvalue weighted by molar-refractivity contribution is 5.81. The molecule has 0 spiro atoms. The third-order valence-corrected chi connectivity index (χ3v) is 2.13. The quantitative estimate of drug-likeness (QED) is 0.776. The molecule has 1 unspecified atom stereocenters. The Kier molecular flexibility index (Phi) is 4.50. The van der Waals surface area contributed by atoms with Crippen LogP contribution in [0.3, 0.4) is 0 Å². The highest BCUT2D eigenvalue weighted by atomic mass is 19.3. The number of aliphatic hydroxyl groups is 1. The summed E-state index contributed by atoms with van der Waals surface area (Å²) in [5, 5.41) is 26.8. The third kappa shape index (κ3) is 3.23. The first-order valence-electron chi connectivity index (χ1n) is 4.79. The summed E-state index contributed by atoms with van der Waals surface area (Å²) in [7, 11) is 0. The maximum Gasteiger partial charge on any atom is 0.387 e. The van der Waals surface area contributed by atoms with Crippen LogP contribution in [-0.4, -0.2) is 29.1 Å². The van der Waals surface area contributed by atoms with E-state index in [0.29, 0.717) is 0 Å². The number of hydrogen-bond acceptors (Lipinski definition) is 5. The van der Waals surface area contributed by atoms with Gasteiger partial charge >= 0.3 is 12.6 Å². The van der Waals surface area contributed by atoms with Gasteiger partial charge in [-0.1, -0.05) is 0 Å². The lowest BCUT2D eigenvalue weighted by molar-refractivity contribution is -0.147. The summed E-state index contributed by atoms with van der Waals surface area (Å²) in [6.45, 7) is -3.31. The predicted octanol–water partition coefficient (Wildman–Crippen LogP) is 1.09. The largest absolute Gasteiger partial charge is 0.479 e. The van der Waals surface area contributed by atoms with Crippen LogP contribution < -0.4 is 4.74 Å². The van der Waals surface area contributed by atoms with Gasteiger partial charge in [0, 0.05) is 11.1 Å². The average molecular weight is 271 g/mol. The molecule has 2 N–H and O–H groups in total. The summed E-state index contributed by atoms with van der Waals surface area (Å²) in [6.07, 6.45) is -1.91. The second-order valence-electron chi connectivity index (χ2n) is 3.34. The Labute approximate surface area is 105 Å². The number of alkyl halides is 2. The molecule has 100 valence electrons. The van der Waals surface area contributed by atoms with Gasteiger partial charge in [-0.15, -0.1) is 0 Å². The Morgan fingerprint density at radius 3 is 2.53 bits per heavy atom. The van der Waals surface area contributed by atoms with Crippen molar-refractivity contribution in [3.8, 4) is 11.8 Å². The fourth-order valence-corrected chi connectivity index (χ4v) is 1.38. The van der Waals surface area contributed by atoms with E-state index in [1.54, 1.807) is 0 Å². The van der Waals surface area contributed by atoms with E-state index in [1.807, 2.05) is 0 Å². The second-order valence-corrected chi connectivity index (χ2v) is 3.34. The standard InChI is InChI=1S/C11H7F2NO5/c12-11(13)19-9-6(3-14)1-5(4-15)2-7(9)8(16)10(17)18/h1-2,4,8,11,16H,(H,17,18). The van der Waals surface area contributed by atoms with Gasteiger partial charge in [-0.05, 0) is 12.1 Å². The second kappa shape index (κ2) is 5.88. The number of benzene rings is 1. The lowest BCUT2D eigenvalue weighted by Crippen LogP contribution is -2.15. The minimum atomic E-state index is -3.31. The predicted molar refractivity (Wildman–Crippen MR) is 55.8 cm³/mol. The number of aldehydes is 1. The first kappa shape index (κ1) is 14.5. The number of carboxylic acids is 1. The zero-order valence-corrected chi connectivity index (χ0v) is 9.21. The van der Waals surface area contributed by atoms with Crippen molar-refractivity contribution in [2.45, 2.75) is 12.7 Å². The first-order chi connectivity index (χ1) is 8.90. The number of nitrogens with zero attached hydrogens (tertiary/aromatic N) is 1. The number of aliphatic hydroxyl groups excluding tert-OH is 1. The zero-order valence-electron chi connectivity index (χ0n) is 9.21. The van der Waals surface area contributed by atoms with Crippen LogP contribution in [0.25, 0.3) is 0 Å². The molecule has 1 atom stereocenters. The van der Waals surface area contributed by atoms with Gasteiger partial charge in [-0.2, -0.15) is 14.0 Å². The molecule has 19 heavy (non-hydrogen) atoms. The van der Waals surface area contributed by atoms with Gasteiger partial charge in [0.2, 0.25) is 0 Å². The van der Waals surface area contributed by atoms with Crippen LogP contribution in [-0.2, 0) is 4.79 Å². The number of carboxylic acid groups (broad SMARTS) is 1. The fourth-order valence-electron chi connectivity index (χ4n) is 1.38. The molecule has 1 aromatic rings. The van der Waals surface area contributed by atoms with E-state index in [-0.39, 0.29) is 11.8 Å². The van der Waals surface area contributed by atoms with Gasteiger partial charge in [0.1, 0.15) is 18.1 Å². The van der Waals surface area contributed by atoms with E-state index in [1.165, 1.54) is 6.07 Å². The van der Waals surface area contributed by atoms with E-state index in [0.717, 1.165) is 12.1 Å². The van der Waals surface area contributed by atoms with Crippen molar-refractivity contribution in [3.63, 3.8) is 0 Å². The lowest BCUT2D eigenvalue weighted by atomic mass is 10.0. The summed E-state index contributed by atoms with van der Waals surface area (Å²) in [6, 6.07) is 3.30. The number of carbonyl (C=O) groups is 2. The topological polar surface area (TPSA) is 108 Å². The molecular weight excluding hydrogens is 264 g/mol. The molecule has 0 bridgehead atoms. The zero-order chi connectivity index (χ0) is 14.6. The molecule has 0 aliphatic heterocycles. The van der Waals surface area contributed by atoms with Gasteiger partial charge in [-0.25, -0.2) is 4.79 Å². The highest BCUT2D eigenvalue weighted by Gasteiger charge is 2.25. The van der Waals surface area contributed by atoms with E-state index in [2.05, 4.69) is 4.74 Å². The Morgan fingerprint density at radius 2 is 2.11 bits per heavy atom. The number of hydrogen-bond donors (Lipinski definition) is 2. The summed E-state index contributed by atoms with van der Waals surface area (Å²) in [4.78, 5) is 21.3. The van der Waals surface area contributed by atoms with Crippen molar-refractivity contribution < 1.29 is 33.3 Å². The third-order valence-electron chi connectivity index (χ3n) is 2.13. The van der Waals surface area contributed by atoms with Crippen LogP contribution in [0, 0.1) is 11.3 Å². The molecule has 1 aromatic carbocycles. The van der Waals surface area contributed by atoms with Crippen molar-refractivity contribution >= 4 is 12.3 Å². The summed E-state index contributed by atoms with van der Waals surface area (Å²) < 4.78 is 28.5. The molecular formula is C11H7F2NO5. The molecule has 8 heteroatoms. The van der Waals surface area contributed by atoms with Crippen LogP contribution in [0.1, 0.15) is 27.6 Å². The van der Waals surface area contributed by atoms with Crippen LogP contribution in [0.2, 0.25) is 0 Å². The molecule has 0 radical (unpaired) electrons. The molecule has 0 saturated heterocycles. The van der Waals surface area contributed by atoms with Crippen LogP contribution in [0.15, 0.2) is 12.1 Å². The molecule has 0 amide bonds. The fraction of sp³-hybridized carbons (Fsp3) is 0.182. The minimum absolute atomic E-state index is 0.145. The van der Waals surface area contributed by atoms with Crippen LogP contribution >= 0.6 is 0 Å². The molecule has 0 heterocycles. The highest BCUT2D eigenvalue weighted by Crippen LogP contribution is 2.31. The van der Waals surface area contributed by atoms with E-state index >= 15 is 0 Å². The maximum absolute atomic E-state index is 12.2. The number of halogens is 2. The number of rotatable bonds is 5. The summed E-state index contributed by atoms with van der Waals surface area (Å²) in [5.41, 5.74) is -1.21. The monoisotopic (exact) mass is 271 g/mol. The van der Waals surface area contributed by atoms with Crippen molar-refractivity contribution in [2.75, 3.05) is 0 Å². The molecule has 0 aliphatic rings. The van der Waals surface area contributed by atoms with Crippen LogP contribution in [0.5, 0.6) is 5.75 Å². The van der Waals surface area contributed by atoms with Crippen molar-refractivity contribution in [2.24, 2.45) is 0 Å². The van der Waals surface area contributed by atoms with Crippen molar-refractivity contribution in [3.05, 3.63) is 28.8 Å². The number of nitriles is 1. The van der Waals surface area contributed by atoms with Gasteiger partial charge in [0.15, 0.2) is 6.10 Å². The summed E-state index contributed by atoms with van der Waals surface area (Å²) in [5.74, 6) is -2.50. The molecule has 0 aliphatic carbocycles. The van der Waals surface area contributed by atoms with Crippen LogP contribution in [0.4, 0.5) is 8.78 Å². The van der Waals surface area contributed by atoms with Gasteiger partial charge in [-0.3, -0.25) is 4.79 Å². The van der Waals surface area contributed by atoms with E-state index in [9.17, 15) is 23.5 Å². The van der Waals surface area contributed by atoms with Crippen molar-refractivity contribution in [1.82, 2.24) is 0 Å². The van der Waals surface area contributed by atoms with Gasteiger partial charge < -0.3 is 14.9 Å². The van der Waals surface area contributed by atoms with E-state index in [4.69, 9.17) is 10.4 Å². The van der Waals surface area contributed by atoms with Crippen molar-refractivity contribution in [1.29, 1.82) is 5.26 Å². The lowest BCUT2D eigenvalue weighted by Gasteiger charge is -2.15. The Morgan fingerprint density at radius 1 is 1.47 bits per heavy atom. The summed E-state index contributed by atoms with van der Waals surface area (Å²) >= 11 is 0. The molecule has 0 saturated carbocycles. The maximum atomic E-state index is 12.2. The minimum Gasteiger partial charge on any atom is -0.479 e.